The van der Waals surface area contributed by atoms with Crippen molar-refractivity contribution in [2.75, 3.05) is 0 Å². The second-order valence-electron chi connectivity index (χ2n) is 7.02. The molecule has 2 aromatic heterocycles. The number of H-pyrrole nitrogens is 1. The highest BCUT2D eigenvalue weighted by Gasteiger charge is 2.19. The van der Waals surface area contributed by atoms with E-state index in [1.165, 1.54) is 4.52 Å². The van der Waals surface area contributed by atoms with Crippen LogP contribution in [0.5, 0.6) is 0 Å². The third-order valence-electron chi connectivity index (χ3n) is 5.14. The highest BCUT2D eigenvalue weighted by atomic mass is 19.2. The summed E-state index contributed by atoms with van der Waals surface area (Å²) in [4.78, 5) is 17.1. The number of hydrogen-bond donors (Lipinski definition) is 1. The number of aryl methyl sites for hydroxylation is 1. The Bertz CT molecular complexity index is 1510. The number of fused-ring (bicyclic) bond motifs is 2. The third kappa shape index (κ3) is 2.70. The Labute approximate surface area is 168 Å². The molecule has 0 aliphatic carbocycles. The summed E-state index contributed by atoms with van der Waals surface area (Å²) >= 11 is 0. The van der Waals surface area contributed by atoms with Gasteiger partial charge in [-0.2, -0.15) is 0 Å². The lowest BCUT2D eigenvalue weighted by Gasteiger charge is -2.08. The maximum atomic E-state index is 14.3. The topological polar surface area (TPSA) is 50.2 Å². The fourth-order valence-electron chi connectivity index (χ4n) is 3.77. The van der Waals surface area contributed by atoms with Crippen LogP contribution in [0.3, 0.4) is 0 Å². The van der Waals surface area contributed by atoms with Crippen LogP contribution in [-0.2, 0) is 0 Å². The third-order valence-corrected chi connectivity index (χ3v) is 5.14. The number of aromatic amines is 1. The van der Waals surface area contributed by atoms with Crippen molar-refractivity contribution < 1.29 is 13.2 Å². The molecule has 0 unspecified atom stereocenters. The Kier molecular flexibility index (Phi) is 3.99. The number of nitrogens with zero attached hydrogens (tertiary/aromatic N) is 2. The molecule has 0 radical (unpaired) electrons. The van der Waals surface area contributed by atoms with Gasteiger partial charge in [-0.05, 0) is 29.3 Å². The van der Waals surface area contributed by atoms with Crippen LogP contribution in [-0.4, -0.2) is 14.6 Å². The van der Waals surface area contributed by atoms with E-state index in [4.69, 9.17) is 0 Å². The number of hydrogen-bond acceptors (Lipinski definition) is 2. The summed E-state index contributed by atoms with van der Waals surface area (Å²) in [5.41, 5.74) is 1.64. The van der Waals surface area contributed by atoms with Crippen molar-refractivity contribution in [3.05, 3.63) is 94.2 Å². The summed E-state index contributed by atoms with van der Waals surface area (Å²) in [5.74, 6) is -3.51. The Morgan fingerprint density at radius 1 is 0.867 bits per heavy atom. The van der Waals surface area contributed by atoms with Gasteiger partial charge < -0.3 is 0 Å². The molecule has 2 heterocycles. The maximum absolute atomic E-state index is 14.3. The molecule has 0 saturated heterocycles. The highest BCUT2D eigenvalue weighted by Crippen LogP contribution is 2.34. The summed E-state index contributed by atoms with van der Waals surface area (Å²) in [6.45, 7) is 1.81. The van der Waals surface area contributed by atoms with Crippen LogP contribution in [0.2, 0.25) is 0 Å². The van der Waals surface area contributed by atoms with Gasteiger partial charge in [-0.3, -0.25) is 9.89 Å². The van der Waals surface area contributed by atoms with Crippen LogP contribution in [0, 0.1) is 24.4 Å². The molecular weight excluding hydrogens is 391 g/mol. The molecule has 4 nitrogen and oxygen atoms in total. The zero-order chi connectivity index (χ0) is 21.0. The Balaban J connectivity index is 1.84. The molecule has 3 aromatic carbocycles. The van der Waals surface area contributed by atoms with E-state index >= 15 is 0 Å². The minimum absolute atomic E-state index is 0.0723. The van der Waals surface area contributed by atoms with Gasteiger partial charge >= 0.3 is 0 Å². The number of rotatable bonds is 2. The number of benzene rings is 3. The van der Waals surface area contributed by atoms with Crippen LogP contribution in [0.25, 0.3) is 38.8 Å². The molecule has 30 heavy (non-hydrogen) atoms. The molecule has 0 spiro atoms. The van der Waals surface area contributed by atoms with Gasteiger partial charge in [0.2, 0.25) is 0 Å². The second-order valence-corrected chi connectivity index (χ2v) is 7.02. The van der Waals surface area contributed by atoms with Crippen molar-refractivity contribution in [2.24, 2.45) is 0 Å². The first-order valence-electron chi connectivity index (χ1n) is 9.19. The lowest BCUT2D eigenvalue weighted by molar-refractivity contribution is 0.496. The molecule has 0 amide bonds. The van der Waals surface area contributed by atoms with E-state index in [-0.39, 0.29) is 16.9 Å². The summed E-state index contributed by atoms with van der Waals surface area (Å²) < 4.78 is 42.6. The molecule has 0 atom stereocenters. The van der Waals surface area contributed by atoms with Crippen LogP contribution in [0.4, 0.5) is 13.2 Å². The van der Waals surface area contributed by atoms with Crippen molar-refractivity contribution in [3.63, 3.8) is 0 Å². The molecule has 0 aliphatic heterocycles. The van der Waals surface area contributed by atoms with Crippen molar-refractivity contribution >= 4 is 16.4 Å². The van der Waals surface area contributed by atoms with E-state index < -0.39 is 23.0 Å². The van der Waals surface area contributed by atoms with Crippen molar-refractivity contribution in [1.82, 2.24) is 14.6 Å². The average Bonchev–Trinajstić information content (AvgIpc) is 3.06. The fourth-order valence-corrected chi connectivity index (χ4v) is 3.77. The summed E-state index contributed by atoms with van der Waals surface area (Å²) in [6, 6.07) is 15.8. The molecule has 5 rings (SSSR count). The summed E-state index contributed by atoms with van der Waals surface area (Å²) in [7, 11) is 0. The zero-order valence-electron chi connectivity index (χ0n) is 15.7. The normalized spacial score (nSPS) is 11.5. The molecule has 0 fully saturated rings. The Morgan fingerprint density at radius 3 is 2.43 bits per heavy atom. The van der Waals surface area contributed by atoms with Crippen molar-refractivity contribution in [2.45, 2.75) is 6.92 Å². The molecule has 0 saturated carbocycles. The second kappa shape index (κ2) is 6.59. The lowest BCUT2D eigenvalue weighted by Crippen LogP contribution is -2.14. The van der Waals surface area contributed by atoms with E-state index in [2.05, 4.69) is 10.1 Å². The maximum Gasteiger partial charge on any atom is 0.273 e. The summed E-state index contributed by atoms with van der Waals surface area (Å²) in [6.07, 6.45) is 0. The number of nitrogens with one attached hydrogen (secondary N) is 1. The lowest BCUT2D eigenvalue weighted by atomic mass is 9.98. The first-order valence-corrected chi connectivity index (χ1v) is 9.19. The molecule has 7 heteroatoms. The largest absolute Gasteiger partial charge is 0.293 e. The van der Waals surface area contributed by atoms with E-state index in [1.54, 1.807) is 0 Å². The van der Waals surface area contributed by atoms with E-state index in [9.17, 15) is 18.0 Å². The molecule has 148 valence electrons. The van der Waals surface area contributed by atoms with Gasteiger partial charge in [-0.15, -0.1) is 0 Å². The minimum Gasteiger partial charge on any atom is -0.293 e. The predicted molar refractivity (Wildman–Crippen MR) is 109 cm³/mol. The fraction of sp³-hybridized carbons (Fsp3) is 0.0435. The van der Waals surface area contributed by atoms with Crippen molar-refractivity contribution in [1.29, 1.82) is 0 Å². The van der Waals surface area contributed by atoms with Crippen LogP contribution in [0.1, 0.15) is 5.69 Å². The van der Waals surface area contributed by atoms with Gasteiger partial charge in [0.05, 0.1) is 5.69 Å². The quantitative estimate of drug-likeness (QED) is 0.409. The average molecular weight is 405 g/mol. The molecule has 1 N–H and O–H groups in total. The standard InChI is InChI=1S/C23H14F3N3O/c1-12-22(15-8-4-6-13-5-2-3-7-14(13)15)23-27-20(11-21(30)29(23)28-12)16-9-18(25)19(26)10-17(16)24/h2-11,28H,1H3. The minimum atomic E-state index is -1.30. The highest BCUT2D eigenvalue weighted by molar-refractivity contribution is 6.00. The molecule has 0 aliphatic rings. The number of halogens is 3. The smallest absolute Gasteiger partial charge is 0.273 e. The van der Waals surface area contributed by atoms with E-state index in [0.717, 1.165) is 22.4 Å². The van der Waals surface area contributed by atoms with Crippen LogP contribution in [0.15, 0.2) is 65.5 Å². The summed E-state index contributed by atoms with van der Waals surface area (Å²) in [5, 5.41) is 4.96. The Morgan fingerprint density at radius 2 is 1.60 bits per heavy atom. The van der Waals surface area contributed by atoms with E-state index in [1.807, 2.05) is 49.4 Å². The van der Waals surface area contributed by atoms with Crippen LogP contribution >= 0.6 is 0 Å². The van der Waals surface area contributed by atoms with Gasteiger partial charge in [0, 0.05) is 29.0 Å². The Hall–Kier alpha value is -3.87. The van der Waals surface area contributed by atoms with Crippen molar-refractivity contribution in [3.8, 4) is 22.4 Å². The molecule has 0 bridgehead atoms. The van der Waals surface area contributed by atoms with Gasteiger partial charge in [0.1, 0.15) is 5.82 Å². The first-order chi connectivity index (χ1) is 14.4. The molecular formula is C23H14F3N3O. The SMILES string of the molecule is Cc1[nH]n2c(=O)cc(-c3cc(F)c(F)cc3F)nc2c1-c1cccc2ccccc12. The molecule has 5 aromatic rings. The first kappa shape index (κ1) is 18.2. The van der Waals surface area contributed by atoms with Gasteiger partial charge in [-0.25, -0.2) is 22.7 Å². The van der Waals surface area contributed by atoms with Gasteiger partial charge in [0.25, 0.3) is 5.56 Å². The number of aromatic nitrogens is 3. The monoisotopic (exact) mass is 405 g/mol. The van der Waals surface area contributed by atoms with E-state index in [0.29, 0.717) is 23.4 Å². The predicted octanol–water partition coefficient (Wildman–Crippen LogP) is 5.24. The van der Waals surface area contributed by atoms with Gasteiger partial charge in [-0.1, -0.05) is 42.5 Å². The zero-order valence-corrected chi connectivity index (χ0v) is 15.7. The van der Waals surface area contributed by atoms with Gasteiger partial charge in [0.15, 0.2) is 17.3 Å². The van der Waals surface area contributed by atoms with Crippen LogP contribution < -0.4 is 5.56 Å².